The Balaban J connectivity index is 2.92. The normalized spacial score (nSPS) is 37.9. The van der Waals surface area contributed by atoms with E-state index >= 15 is 0 Å². The number of hydrogen-bond donors (Lipinski definition) is 2. The van der Waals surface area contributed by atoms with Crippen molar-refractivity contribution >= 4 is 11.9 Å². The first-order valence-electron chi connectivity index (χ1n) is 4.40. The molecule has 0 aromatic rings. The Morgan fingerprint density at radius 2 is 1.57 bits per heavy atom. The van der Waals surface area contributed by atoms with E-state index in [1.165, 1.54) is 0 Å². The smallest absolute Gasteiger partial charge is 0.362 e. The average molecular weight is 203 g/mol. The largest absolute Gasteiger partial charge is 0.632 e. The summed E-state index contributed by atoms with van der Waals surface area (Å²) in [6.45, 7) is 0. The van der Waals surface area contributed by atoms with Crippen LogP contribution >= 0.6 is 0 Å². The maximum absolute atomic E-state index is 11.8. The molecule has 3 atom stereocenters. The van der Waals surface area contributed by atoms with Gasteiger partial charge in [-0.2, -0.15) is 0 Å². The number of piperidine rings is 1. The first-order chi connectivity index (χ1) is 6.37. The number of quaternary nitrogens is 1. The summed E-state index contributed by atoms with van der Waals surface area (Å²) in [5.41, 5.74) is 0. The van der Waals surface area contributed by atoms with E-state index in [2.05, 4.69) is 0 Å². The molecule has 1 aliphatic heterocycles. The summed E-state index contributed by atoms with van der Waals surface area (Å²) >= 11 is 0. The number of likely N-dealkylation sites (tertiary alicyclic amines) is 1. The van der Waals surface area contributed by atoms with Gasteiger partial charge in [-0.05, 0) is 6.42 Å². The van der Waals surface area contributed by atoms with Crippen LogP contribution in [0.3, 0.4) is 0 Å². The van der Waals surface area contributed by atoms with E-state index in [0.29, 0.717) is 6.42 Å². The van der Waals surface area contributed by atoms with Gasteiger partial charge >= 0.3 is 11.9 Å². The summed E-state index contributed by atoms with van der Waals surface area (Å²) < 4.78 is -1.20. The molecule has 1 fully saturated rings. The topological polar surface area (TPSA) is 97.7 Å². The van der Waals surface area contributed by atoms with E-state index in [1.54, 1.807) is 0 Å². The fourth-order valence-electron chi connectivity index (χ4n) is 1.92. The molecule has 0 saturated carbocycles. The van der Waals surface area contributed by atoms with Gasteiger partial charge in [0.2, 0.25) is 0 Å². The quantitative estimate of drug-likeness (QED) is 0.487. The first-order valence-corrected chi connectivity index (χ1v) is 4.40. The summed E-state index contributed by atoms with van der Waals surface area (Å²) in [6, 6.07) is -2.30. The highest BCUT2D eigenvalue weighted by Crippen LogP contribution is 2.28. The number of hydroxylamine groups is 3. The van der Waals surface area contributed by atoms with Gasteiger partial charge < -0.3 is 20.1 Å². The minimum absolute atomic E-state index is 0.249. The molecule has 0 aliphatic carbocycles. The van der Waals surface area contributed by atoms with Crippen LogP contribution in [0.2, 0.25) is 0 Å². The van der Waals surface area contributed by atoms with Gasteiger partial charge in [-0.25, -0.2) is 9.59 Å². The third kappa shape index (κ3) is 1.71. The summed E-state index contributed by atoms with van der Waals surface area (Å²) in [5, 5.41) is 29.4. The van der Waals surface area contributed by atoms with E-state index in [1.807, 2.05) is 0 Å². The van der Waals surface area contributed by atoms with Gasteiger partial charge in [0.05, 0.1) is 7.05 Å². The summed E-state index contributed by atoms with van der Waals surface area (Å²) in [4.78, 5) is 21.5. The van der Waals surface area contributed by atoms with Crippen LogP contribution in [0.25, 0.3) is 0 Å². The zero-order valence-corrected chi connectivity index (χ0v) is 7.84. The highest BCUT2D eigenvalue weighted by molar-refractivity contribution is 5.75. The Kier molecular flexibility index (Phi) is 2.77. The van der Waals surface area contributed by atoms with E-state index in [4.69, 9.17) is 10.2 Å². The van der Waals surface area contributed by atoms with Gasteiger partial charge in [0.15, 0.2) is 12.1 Å². The van der Waals surface area contributed by atoms with Crippen LogP contribution in [0, 0.1) is 5.21 Å². The second kappa shape index (κ2) is 3.55. The molecular formula is C8H13NO5. The standard InChI is InChI=1S/C8H13NO5/c1-9(14)5(7(10)11)3-2-4-6(9)8(12)13/h5-6H,2-4H2,1H3,(H,10,11)(H,12,13)/t5-,6+,9?. The van der Waals surface area contributed by atoms with Crippen molar-refractivity contribution in [2.75, 3.05) is 7.05 Å². The number of carboxylic acids is 2. The summed E-state index contributed by atoms with van der Waals surface area (Å²) in [5.74, 6) is -2.43. The van der Waals surface area contributed by atoms with Crippen molar-refractivity contribution in [1.29, 1.82) is 0 Å². The van der Waals surface area contributed by atoms with Crippen molar-refractivity contribution in [2.45, 2.75) is 31.3 Å². The highest BCUT2D eigenvalue weighted by atomic mass is 16.6. The van der Waals surface area contributed by atoms with Crippen LogP contribution in [0.15, 0.2) is 0 Å². The third-order valence-corrected chi connectivity index (χ3v) is 2.76. The molecule has 1 rings (SSSR count). The fourth-order valence-corrected chi connectivity index (χ4v) is 1.92. The lowest BCUT2D eigenvalue weighted by Crippen LogP contribution is -2.62. The van der Waals surface area contributed by atoms with Gasteiger partial charge in [-0.1, -0.05) is 0 Å². The van der Waals surface area contributed by atoms with E-state index in [9.17, 15) is 14.8 Å². The fraction of sp³-hybridized carbons (Fsp3) is 0.750. The lowest BCUT2D eigenvalue weighted by Gasteiger charge is -2.50. The van der Waals surface area contributed by atoms with Crippen LogP contribution in [0.5, 0.6) is 0 Å². The van der Waals surface area contributed by atoms with Crippen molar-refractivity contribution < 1.29 is 24.4 Å². The number of nitrogens with zero attached hydrogens (tertiary/aromatic N) is 1. The van der Waals surface area contributed by atoms with Crippen molar-refractivity contribution in [3.63, 3.8) is 0 Å². The Hall–Kier alpha value is -1.14. The number of aliphatic carboxylic acids is 2. The van der Waals surface area contributed by atoms with Crippen LogP contribution in [-0.4, -0.2) is 45.9 Å². The molecule has 0 aromatic heterocycles. The molecule has 0 radical (unpaired) electrons. The summed E-state index contributed by atoms with van der Waals surface area (Å²) in [6.07, 6.45) is 0.974. The van der Waals surface area contributed by atoms with Crippen LogP contribution in [-0.2, 0) is 9.59 Å². The average Bonchev–Trinajstić information content (AvgIpc) is 2.01. The van der Waals surface area contributed by atoms with Crippen molar-refractivity contribution in [3.05, 3.63) is 5.21 Å². The van der Waals surface area contributed by atoms with Crippen molar-refractivity contribution in [1.82, 2.24) is 0 Å². The van der Waals surface area contributed by atoms with Crippen molar-refractivity contribution in [3.8, 4) is 0 Å². The van der Waals surface area contributed by atoms with Crippen LogP contribution < -0.4 is 0 Å². The van der Waals surface area contributed by atoms with Gasteiger partial charge in [-0.15, -0.1) is 0 Å². The highest BCUT2D eigenvalue weighted by Gasteiger charge is 2.44. The van der Waals surface area contributed by atoms with Crippen molar-refractivity contribution in [2.24, 2.45) is 0 Å². The minimum atomic E-state index is -1.21. The second-order valence-corrected chi connectivity index (χ2v) is 3.70. The maximum Gasteiger partial charge on any atom is 0.362 e. The molecule has 2 N–H and O–H groups in total. The predicted octanol–water partition coefficient (Wildman–Crippen LogP) is 0.0211. The lowest BCUT2D eigenvalue weighted by atomic mass is 9.95. The number of carbonyl (C=O) groups is 2. The van der Waals surface area contributed by atoms with Gasteiger partial charge in [0.25, 0.3) is 0 Å². The summed E-state index contributed by atoms with van der Waals surface area (Å²) in [7, 11) is 1.12. The zero-order chi connectivity index (χ0) is 10.9. The molecule has 1 unspecified atom stereocenters. The van der Waals surface area contributed by atoms with Crippen LogP contribution in [0.1, 0.15) is 19.3 Å². The molecule has 0 spiro atoms. The number of carboxylic acid groups (broad SMARTS) is 2. The minimum Gasteiger partial charge on any atom is -0.632 e. The monoisotopic (exact) mass is 203 g/mol. The molecule has 1 aliphatic rings. The molecule has 6 nitrogen and oxygen atoms in total. The molecule has 0 aromatic carbocycles. The molecule has 0 amide bonds. The predicted molar refractivity (Wildman–Crippen MR) is 46.3 cm³/mol. The van der Waals surface area contributed by atoms with Gasteiger partial charge in [-0.3, -0.25) is 0 Å². The third-order valence-electron chi connectivity index (χ3n) is 2.76. The zero-order valence-electron chi connectivity index (χ0n) is 7.84. The number of likely N-dealkylation sites (N-methyl/N-ethyl adjacent to an activating group) is 1. The second-order valence-electron chi connectivity index (χ2n) is 3.70. The van der Waals surface area contributed by atoms with E-state index in [-0.39, 0.29) is 12.8 Å². The van der Waals surface area contributed by atoms with Gasteiger partial charge in [0, 0.05) is 12.8 Å². The molecular weight excluding hydrogens is 190 g/mol. The Morgan fingerprint density at radius 3 is 1.86 bits per heavy atom. The van der Waals surface area contributed by atoms with E-state index < -0.39 is 28.7 Å². The lowest BCUT2D eigenvalue weighted by molar-refractivity contribution is -0.899. The van der Waals surface area contributed by atoms with E-state index in [0.717, 1.165) is 7.05 Å². The maximum atomic E-state index is 11.8. The first kappa shape index (κ1) is 10.9. The SMILES string of the molecule is C[N+]1([O-])[C@@H](C(=O)O)CCC[C@H]1C(=O)O. The molecule has 6 heteroatoms. The van der Waals surface area contributed by atoms with Gasteiger partial charge in [0.1, 0.15) is 0 Å². The number of rotatable bonds is 2. The molecule has 0 bridgehead atoms. The Morgan fingerprint density at radius 1 is 1.21 bits per heavy atom. The molecule has 80 valence electrons. The molecule has 1 heterocycles. The number of hydrogen-bond acceptors (Lipinski definition) is 3. The Bertz CT molecular complexity index is 238. The molecule has 1 saturated heterocycles. The van der Waals surface area contributed by atoms with Crippen LogP contribution in [0.4, 0.5) is 0 Å². The Labute approximate surface area is 80.9 Å². The molecule has 14 heavy (non-hydrogen) atoms.